The predicted molar refractivity (Wildman–Crippen MR) is 48.2 cm³/mol. The van der Waals surface area contributed by atoms with Crippen molar-refractivity contribution in [3.8, 4) is 0 Å². The minimum Gasteiger partial charge on any atom is -0.392 e. The molecule has 1 radical (unpaired) electrons. The largest absolute Gasteiger partial charge is 0.392 e. The summed E-state index contributed by atoms with van der Waals surface area (Å²) in [5.41, 5.74) is 0. The van der Waals surface area contributed by atoms with Crippen molar-refractivity contribution in [2.75, 3.05) is 5.75 Å². The second-order valence-electron chi connectivity index (χ2n) is 2.21. The summed E-state index contributed by atoms with van der Waals surface area (Å²) in [6, 6.07) is 0. The van der Waals surface area contributed by atoms with E-state index in [9.17, 15) is 8.42 Å². The van der Waals surface area contributed by atoms with E-state index in [2.05, 4.69) is 9.22 Å². The van der Waals surface area contributed by atoms with Crippen molar-refractivity contribution < 1.29 is 22.7 Å². The number of hydrogen-bond donors (Lipinski definition) is 1. The third-order valence-electron chi connectivity index (χ3n) is 0.780. The first-order valence-electron chi connectivity index (χ1n) is 3.35. The zero-order chi connectivity index (χ0) is 9.61. The van der Waals surface area contributed by atoms with E-state index < -0.39 is 22.0 Å². The maximum Gasteiger partial charge on any atom is 0.305 e. The molecule has 0 fully saturated rings. The molecular formula is C6H12NaO5S. The summed E-state index contributed by atoms with van der Waals surface area (Å²) in [6.07, 6.45) is 1.58. The molecule has 5 nitrogen and oxygen atoms in total. The summed E-state index contributed by atoms with van der Waals surface area (Å²) in [4.78, 5) is 4.17. The molecule has 0 aliphatic rings. The number of allylic oxidation sites excluding steroid dienone is 1. The molecule has 73 valence electrons. The van der Waals surface area contributed by atoms with Gasteiger partial charge in [0.2, 0.25) is 0 Å². The van der Waals surface area contributed by atoms with E-state index in [-0.39, 0.29) is 29.6 Å². The molecule has 0 aliphatic heterocycles. The minimum absolute atomic E-state index is 0. The van der Waals surface area contributed by atoms with Crippen molar-refractivity contribution in [3.05, 3.63) is 12.3 Å². The third kappa shape index (κ3) is 10.3. The fraction of sp³-hybridized carbons (Fsp3) is 0.667. The van der Waals surface area contributed by atoms with Crippen LogP contribution in [0.25, 0.3) is 0 Å². The first-order valence-corrected chi connectivity index (χ1v) is 4.92. The summed E-state index contributed by atoms with van der Waals surface area (Å²) in [5.74, 6) is -0.482. The van der Waals surface area contributed by atoms with Gasteiger partial charge in [-0.05, 0) is 19.9 Å². The van der Waals surface area contributed by atoms with Gasteiger partial charge in [0.1, 0.15) is 12.0 Å². The van der Waals surface area contributed by atoms with Crippen molar-refractivity contribution >= 4 is 39.7 Å². The Hall–Kier alpha value is 0.410. The van der Waals surface area contributed by atoms with E-state index in [0.29, 0.717) is 0 Å². The normalized spacial score (nSPS) is 13.8. The van der Waals surface area contributed by atoms with Crippen LogP contribution in [0, 0.1) is 0 Å². The minimum atomic E-state index is -3.78. The SMILES string of the molecule is CC=COOS(=O)(=O)CC(C)O.[Na]. The fourth-order valence-electron chi connectivity index (χ4n) is 0.461. The van der Waals surface area contributed by atoms with Gasteiger partial charge < -0.3 is 9.99 Å². The molecule has 0 aromatic carbocycles. The van der Waals surface area contributed by atoms with Gasteiger partial charge in [0, 0.05) is 29.6 Å². The molecule has 1 N–H and O–H groups in total. The van der Waals surface area contributed by atoms with Crippen LogP contribution >= 0.6 is 0 Å². The Morgan fingerprint density at radius 3 is 2.46 bits per heavy atom. The van der Waals surface area contributed by atoms with Crippen molar-refractivity contribution in [1.82, 2.24) is 0 Å². The van der Waals surface area contributed by atoms with Gasteiger partial charge in [0.25, 0.3) is 0 Å². The Morgan fingerprint density at radius 2 is 2.08 bits per heavy atom. The van der Waals surface area contributed by atoms with Gasteiger partial charge in [0.15, 0.2) is 0 Å². The monoisotopic (exact) mass is 219 g/mol. The second kappa shape index (κ2) is 7.78. The summed E-state index contributed by atoms with van der Waals surface area (Å²) >= 11 is 0. The Kier molecular flexibility index (Phi) is 9.49. The summed E-state index contributed by atoms with van der Waals surface area (Å²) < 4.78 is 25.6. The van der Waals surface area contributed by atoms with Crippen LogP contribution in [0.1, 0.15) is 13.8 Å². The van der Waals surface area contributed by atoms with Crippen LogP contribution in [0.2, 0.25) is 0 Å². The molecule has 7 heteroatoms. The van der Waals surface area contributed by atoms with Crippen molar-refractivity contribution in [3.63, 3.8) is 0 Å². The van der Waals surface area contributed by atoms with Gasteiger partial charge in [-0.3, -0.25) is 0 Å². The van der Waals surface area contributed by atoms with Crippen LogP contribution in [-0.4, -0.2) is 54.9 Å². The molecule has 0 heterocycles. The van der Waals surface area contributed by atoms with Gasteiger partial charge >= 0.3 is 10.1 Å². The molecule has 0 bridgehead atoms. The van der Waals surface area contributed by atoms with E-state index >= 15 is 0 Å². The molecule has 0 rings (SSSR count). The van der Waals surface area contributed by atoms with Gasteiger partial charge in [-0.1, -0.05) is 4.33 Å². The van der Waals surface area contributed by atoms with Crippen molar-refractivity contribution in [1.29, 1.82) is 0 Å². The van der Waals surface area contributed by atoms with E-state index in [1.54, 1.807) is 6.92 Å². The van der Waals surface area contributed by atoms with Crippen molar-refractivity contribution in [2.24, 2.45) is 0 Å². The van der Waals surface area contributed by atoms with E-state index in [4.69, 9.17) is 5.11 Å². The van der Waals surface area contributed by atoms with Crippen LogP contribution in [0.15, 0.2) is 12.3 Å². The van der Waals surface area contributed by atoms with Crippen molar-refractivity contribution in [2.45, 2.75) is 20.0 Å². The average molecular weight is 219 g/mol. The number of aliphatic hydroxyl groups is 1. The quantitative estimate of drug-likeness (QED) is 0.300. The molecule has 1 unspecified atom stereocenters. The molecule has 0 aromatic heterocycles. The Bertz CT molecular complexity index is 233. The molecule has 0 aromatic rings. The smallest absolute Gasteiger partial charge is 0.305 e. The summed E-state index contributed by atoms with van der Waals surface area (Å²) in [6.45, 7) is 2.99. The predicted octanol–water partition coefficient (Wildman–Crippen LogP) is -0.202. The molecule has 0 saturated heterocycles. The second-order valence-corrected chi connectivity index (χ2v) is 3.79. The molecule has 13 heavy (non-hydrogen) atoms. The van der Waals surface area contributed by atoms with Gasteiger partial charge in [-0.25, -0.2) is 0 Å². The number of aliphatic hydroxyl groups excluding tert-OH is 1. The maximum absolute atomic E-state index is 10.8. The molecule has 0 spiro atoms. The first-order chi connectivity index (χ1) is 5.48. The van der Waals surface area contributed by atoms with Crippen LogP contribution < -0.4 is 0 Å². The summed E-state index contributed by atoms with van der Waals surface area (Å²) in [7, 11) is -3.78. The zero-order valence-electron chi connectivity index (χ0n) is 7.93. The molecular weight excluding hydrogens is 207 g/mol. The number of rotatable bonds is 5. The molecule has 0 amide bonds. The average Bonchev–Trinajstić information content (AvgIpc) is 1.84. The summed E-state index contributed by atoms with van der Waals surface area (Å²) in [5, 5.41) is 8.71. The maximum atomic E-state index is 10.8. The Balaban J connectivity index is 0. The standard InChI is InChI=1S/C6H12O5S.Na/c1-3-4-10-11-12(8,9)5-6(2)7;/h3-4,6-7H,5H2,1-2H3;. The van der Waals surface area contributed by atoms with Crippen LogP contribution in [0.5, 0.6) is 0 Å². The van der Waals surface area contributed by atoms with E-state index in [1.165, 1.54) is 13.0 Å². The Morgan fingerprint density at radius 1 is 1.54 bits per heavy atom. The van der Waals surface area contributed by atoms with Crippen LogP contribution in [0.4, 0.5) is 0 Å². The Labute approximate surface area is 100 Å². The van der Waals surface area contributed by atoms with Gasteiger partial charge in [0.05, 0.1) is 6.10 Å². The first kappa shape index (κ1) is 15.9. The van der Waals surface area contributed by atoms with Gasteiger partial charge in [-0.2, -0.15) is 8.42 Å². The fourth-order valence-corrected chi connectivity index (χ4v) is 1.27. The molecule has 0 aliphatic carbocycles. The topological polar surface area (TPSA) is 72.8 Å². The third-order valence-corrected chi connectivity index (χ3v) is 1.96. The molecule has 0 saturated carbocycles. The number of hydrogen-bond acceptors (Lipinski definition) is 5. The molecule has 1 atom stereocenters. The van der Waals surface area contributed by atoms with E-state index in [1.807, 2.05) is 0 Å². The van der Waals surface area contributed by atoms with Gasteiger partial charge in [-0.15, -0.1) is 0 Å². The van der Waals surface area contributed by atoms with Crippen LogP contribution in [0.3, 0.4) is 0 Å². The zero-order valence-corrected chi connectivity index (χ0v) is 10.7. The van der Waals surface area contributed by atoms with E-state index in [0.717, 1.165) is 6.26 Å². The van der Waals surface area contributed by atoms with Crippen LogP contribution in [-0.2, 0) is 19.3 Å².